The predicted molar refractivity (Wildman–Crippen MR) is 94.8 cm³/mol. The lowest BCUT2D eigenvalue weighted by Crippen LogP contribution is -2.15. The quantitative estimate of drug-likeness (QED) is 0.744. The van der Waals surface area contributed by atoms with Crippen LogP contribution in [0.1, 0.15) is 5.69 Å². The van der Waals surface area contributed by atoms with Gasteiger partial charge in [0.1, 0.15) is 5.39 Å². The highest BCUT2D eigenvalue weighted by Crippen LogP contribution is 2.35. The molecule has 3 rings (SSSR count). The highest BCUT2D eigenvalue weighted by molar-refractivity contribution is 6.38. The van der Waals surface area contributed by atoms with Gasteiger partial charge in [0.05, 0.1) is 51.9 Å². The van der Waals surface area contributed by atoms with Crippen molar-refractivity contribution < 1.29 is 9.84 Å². The van der Waals surface area contributed by atoms with E-state index < -0.39 is 6.61 Å². The number of aliphatic hydroxyl groups is 1. The fourth-order valence-corrected chi connectivity index (χ4v) is 3.36. The molecule has 0 saturated heterocycles. The zero-order valence-corrected chi connectivity index (χ0v) is 14.7. The van der Waals surface area contributed by atoms with Crippen LogP contribution in [0, 0.1) is 0 Å². The number of benzene rings is 1. The van der Waals surface area contributed by atoms with Crippen molar-refractivity contribution in [2.24, 2.45) is 0 Å². The summed E-state index contributed by atoms with van der Waals surface area (Å²) in [5, 5.41) is 10.8. The van der Waals surface area contributed by atoms with Gasteiger partial charge in [0, 0.05) is 6.07 Å². The van der Waals surface area contributed by atoms with E-state index >= 15 is 0 Å². The number of aliphatic hydroxyl groups excluding tert-OH is 1. The normalized spacial score (nSPS) is 11.0. The highest BCUT2D eigenvalue weighted by atomic mass is 35.5. The molecule has 2 aromatic heterocycles. The van der Waals surface area contributed by atoms with Gasteiger partial charge in [0.2, 0.25) is 5.88 Å². The molecular formula is C16H11Cl3N2O3. The second kappa shape index (κ2) is 6.61. The molecule has 24 heavy (non-hydrogen) atoms. The first-order chi connectivity index (χ1) is 11.5. The van der Waals surface area contributed by atoms with Crippen LogP contribution in [0.2, 0.25) is 15.1 Å². The molecule has 8 heteroatoms. The Kier molecular flexibility index (Phi) is 4.69. The fourth-order valence-electron chi connectivity index (χ4n) is 2.56. The molecule has 1 N–H and O–H groups in total. The maximum absolute atomic E-state index is 12.5. The summed E-state index contributed by atoms with van der Waals surface area (Å²) in [6, 6.07) is 6.28. The van der Waals surface area contributed by atoms with Gasteiger partial charge in [0.15, 0.2) is 5.43 Å². The maximum Gasteiger partial charge on any atom is 0.226 e. The summed E-state index contributed by atoms with van der Waals surface area (Å²) in [6.07, 6.45) is 1.37. The fraction of sp³-hybridized carbons (Fsp3) is 0.125. The third-order valence-corrected chi connectivity index (χ3v) is 4.43. The monoisotopic (exact) mass is 384 g/mol. The first-order valence-corrected chi connectivity index (χ1v) is 7.95. The van der Waals surface area contributed by atoms with Crippen LogP contribution >= 0.6 is 34.8 Å². The topological polar surface area (TPSA) is 64.3 Å². The molecule has 3 aromatic rings. The molecule has 0 aliphatic carbocycles. The molecular weight excluding hydrogens is 375 g/mol. The number of hydrogen-bond donors (Lipinski definition) is 1. The van der Waals surface area contributed by atoms with Crippen molar-refractivity contribution in [2.75, 3.05) is 7.11 Å². The van der Waals surface area contributed by atoms with Crippen LogP contribution in [0.4, 0.5) is 0 Å². The number of para-hydroxylation sites is 1. The molecule has 0 aliphatic heterocycles. The van der Waals surface area contributed by atoms with Crippen LogP contribution in [0.25, 0.3) is 16.6 Å². The third-order valence-electron chi connectivity index (χ3n) is 3.54. The van der Waals surface area contributed by atoms with Crippen molar-refractivity contribution in [1.29, 1.82) is 0 Å². The minimum Gasteiger partial charge on any atom is -0.480 e. The van der Waals surface area contributed by atoms with Crippen molar-refractivity contribution >= 4 is 45.7 Å². The summed E-state index contributed by atoms with van der Waals surface area (Å²) >= 11 is 18.9. The number of pyridine rings is 2. The maximum atomic E-state index is 12.5. The third kappa shape index (κ3) is 2.63. The van der Waals surface area contributed by atoms with Gasteiger partial charge in [-0.15, -0.1) is 0 Å². The molecule has 0 aliphatic rings. The Bertz CT molecular complexity index is 982. The Balaban J connectivity index is 2.61. The van der Waals surface area contributed by atoms with Crippen molar-refractivity contribution in [3.05, 3.63) is 61.4 Å². The Hall–Kier alpha value is -1.79. The summed E-state index contributed by atoms with van der Waals surface area (Å²) in [5.74, 6) is 0.126. The minimum absolute atomic E-state index is 0.126. The second-order valence-corrected chi connectivity index (χ2v) is 6.12. The number of fused-ring (bicyclic) bond motifs is 1. The molecule has 0 fully saturated rings. The second-order valence-electron chi connectivity index (χ2n) is 4.90. The smallest absolute Gasteiger partial charge is 0.226 e. The predicted octanol–water partition coefficient (Wildman–Crippen LogP) is 3.85. The molecule has 1 aromatic carbocycles. The van der Waals surface area contributed by atoms with E-state index in [1.54, 1.807) is 22.8 Å². The Morgan fingerprint density at radius 1 is 1.21 bits per heavy atom. The lowest BCUT2D eigenvalue weighted by molar-refractivity contribution is 0.274. The van der Waals surface area contributed by atoms with Gasteiger partial charge in [0.25, 0.3) is 0 Å². The number of nitrogens with zero attached hydrogens (tertiary/aromatic N) is 2. The van der Waals surface area contributed by atoms with E-state index in [-0.39, 0.29) is 27.4 Å². The van der Waals surface area contributed by atoms with E-state index in [4.69, 9.17) is 39.5 Å². The van der Waals surface area contributed by atoms with Crippen LogP contribution in [0.15, 0.2) is 35.3 Å². The summed E-state index contributed by atoms with van der Waals surface area (Å²) in [4.78, 5) is 16.5. The van der Waals surface area contributed by atoms with Crippen molar-refractivity contribution in [3.8, 4) is 11.6 Å². The molecule has 0 saturated carbocycles. The van der Waals surface area contributed by atoms with Gasteiger partial charge in [-0.1, -0.05) is 40.9 Å². The van der Waals surface area contributed by atoms with Crippen LogP contribution in [0.5, 0.6) is 5.88 Å². The summed E-state index contributed by atoms with van der Waals surface area (Å²) in [6.45, 7) is -0.409. The molecule has 0 bridgehead atoms. The molecule has 0 radical (unpaired) electrons. The molecule has 2 heterocycles. The van der Waals surface area contributed by atoms with Gasteiger partial charge < -0.3 is 14.4 Å². The summed E-state index contributed by atoms with van der Waals surface area (Å²) in [5.41, 5.74) is 0.637. The first-order valence-electron chi connectivity index (χ1n) is 6.82. The standard InChI is InChI=1S/C16H11Cl3N2O3/c1-24-16-13-12(23)5-8(7-22)21(15(13)11(19)6-20-16)14-9(17)3-2-4-10(14)18/h2-6,22H,7H2,1H3. The SMILES string of the molecule is COc1ncc(Cl)c2c1c(=O)cc(CO)n2-c1c(Cl)cccc1Cl. The van der Waals surface area contributed by atoms with Gasteiger partial charge in [-0.05, 0) is 12.1 Å². The van der Waals surface area contributed by atoms with Crippen molar-refractivity contribution in [1.82, 2.24) is 9.55 Å². The minimum atomic E-state index is -0.409. The van der Waals surface area contributed by atoms with Gasteiger partial charge in [-0.3, -0.25) is 4.79 Å². The van der Waals surface area contributed by atoms with Crippen LogP contribution < -0.4 is 10.2 Å². The average Bonchev–Trinajstić information content (AvgIpc) is 2.56. The van der Waals surface area contributed by atoms with E-state index in [2.05, 4.69) is 4.98 Å². The average molecular weight is 386 g/mol. The Morgan fingerprint density at radius 2 is 1.88 bits per heavy atom. The van der Waals surface area contributed by atoms with E-state index in [1.165, 1.54) is 19.4 Å². The van der Waals surface area contributed by atoms with E-state index in [9.17, 15) is 9.90 Å². The molecule has 0 atom stereocenters. The Morgan fingerprint density at radius 3 is 2.46 bits per heavy atom. The molecule has 0 amide bonds. The highest BCUT2D eigenvalue weighted by Gasteiger charge is 2.20. The molecule has 0 spiro atoms. The zero-order valence-electron chi connectivity index (χ0n) is 12.4. The van der Waals surface area contributed by atoms with Crippen LogP contribution in [0.3, 0.4) is 0 Å². The van der Waals surface area contributed by atoms with Gasteiger partial charge in [-0.2, -0.15) is 0 Å². The molecule has 5 nitrogen and oxygen atoms in total. The number of ether oxygens (including phenoxy) is 1. The number of aromatic nitrogens is 2. The molecule has 0 unspecified atom stereocenters. The van der Waals surface area contributed by atoms with Crippen LogP contribution in [-0.4, -0.2) is 21.8 Å². The van der Waals surface area contributed by atoms with Gasteiger partial charge in [-0.25, -0.2) is 4.98 Å². The Labute approximate surface area is 152 Å². The molecule has 124 valence electrons. The zero-order chi connectivity index (χ0) is 17.4. The number of halogens is 3. The summed E-state index contributed by atoms with van der Waals surface area (Å²) < 4.78 is 6.73. The number of hydrogen-bond acceptors (Lipinski definition) is 4. The lowest BCUT2D eigenvalue weighted by atomic mass is 10.2. The number of rotatable bonds is 3. The van der Waals surface area contributed by atoms with E-state index in [0.29, 0.717) is 21.2 Å². The van der Waals surface area contributed by atoms with Crippen LogP contribution in [-0.2, 0) is 6.61 Å². The van der Waals surface area contributed by atoms with Crippen molar-refractivity contribution in [3.63, 3.8) is 0 Å². The van der Waals surface area contributed by atoms with E-state index in [1.807, 2.05) is 0 Å². The van der Waals surface area contributed by atoms with Gasteiger partial charge >= 0.3 is 0 Å². The lowest BCUT2D eigenvalue weighted by Gasteiger charge is -2.19. The summed E-state index contributed by atoms with van der Waals surface area (Å²) in [7, 11) is 1.40. The largest absolute Gasteiger partial charge is 0.480 e. The van der Waals surface area contributed by atoms with E-state index in [0.717, 1.165) is 0 Å². The first kappa shape index (κ1) is 17.0. The number of methoxy groups -OCH3 is 1. The van der Waals surface area contributed by atoms with Crippen molar-refractivity contribution in [2.45, 2.75) is 6.61 Å².